The first-order chi connectivity index (χ1) is 8.01. The second-order valence-electron chi connectivity index (χ2n) is 6.03. The largest absolute Gasteiger partial charge is 0.0829 e. The van der Waals surface area contributed by atoms with Crippen molar-refractivity contribution in [3.8, 4) is 0 Å². The molecule has 0 bridgehead atoms. The van der Waals surface area contributed by atoms with Crippen LogP contribution in [0.25, 0.3) is 0 Å². The molecule has 2 heteroatoms. The van der Waals surface area contributed by atoms with Crippen LogP contribution in [-0.4, -0.2) is 7.85 Å². The predicted molar refractivity (Wildman–Crippen MR) is 95.5 cm³/mol. The minimum absolute atomic E-state index is 0.709. The Labute approximate surface area is 135 Å². The Hall–Kier alpha value is 1.46. The van der Waals surface area contributed by atoms with Crippen LogP contribution >= 0.6 is 45.2 Å². The van der Waals surface area contributed by atoms with Gasteiger partial charge in [-0.2, -0.15) is 0 Å². The SMILES string of the molecule is CCC1CCC(CC)(CC(I)CCC(C)I)C1. The second kappa shape index (κ2) is 7.91. The minimum Gasteiger partial charge on any atom is -0.0829 e. The van der Waals surface area contributed by atoms with E-state index in [1.807, 2.05) is 0 Å². The molecule has 4 unspecified atom stereocenters. The van der Waals surface area contributed by atoms with Crippen molar-refractivity contribution in [2.24, 2.45) is 11.3 Å². The molecule has 0 spiro atoms. The third kappa shape index (κ3) is 5.53. The van der Waals surface area contributed by atoms with Gasteiger partial charge in [-0.1, -0.05) is 78.8 Å². The first-order valence-electron chi connectivity index (χ1n) is 7.29. The fraction of sp³-hybridized carbons (Fsp3) is 1.00. The lowest BCUT2D eigenvalue weighted by molar-refractivity contribution is 0.245. The van der Waals surface area contributed by atoms with E-state index in [2.05, 4.69) is 66.0 Å². The molecule has 1 fully saturated rings. The summed E-state index contributed by atoms with van der Waals surface area (Å²) in [5.74, 6) is 1.03. The molecule has 1 saturated carbocycles. The van der Waals surface area contributed by atoms with Gasteiger partial charge in [0.2, 0.25) is 0 Å². The number of alkyl halides is 2. The van der Waals surface area contributed by atoms with Gasteiger partial charge in [-0.05, 0) is 49.9 Å². The van der Waals surface area contributed by atoms with Gasteiger partial charge < -0.3 is 0 Å². The van der Waals surface area contributed by atoms with Crippen LogP contribution in [0.3, 0.4) is 0 Å². The standard InChI is InChI=1S/C15H28I2/c1-4-13-8-9-15(5-2,10-13)11-14(17)7-6-12(3)16/h12-14H,4-11H2,1-3H3. The molecule has 0 saturated heterocycles. The van der Waals surface area contributed by atoms with Crippen molar-refractivity contribution in [1.29, 1.82) is 0 Å². The molecule has 1 rings (SSSR count). The van der Waals surface area contributed by atoms with Crippen LogP contribution in [0.2, 0.25) is 0 Å². The molecule has 0 heterocycles. The Morgan fingerprint density at radius 2 is 1.94 bits per heavy atom. The zero-order valence-electron chi connectivity index (χ0n) is 11.6. The highest BCUT2D eigenvalue weighted by atomic mass is 127. The lowest BCUT2D eigenvalue weighted by Crippen LogP contribution is -2.21. The summed E-state index contributed by atoms with van der Waals surface area (Å²) in [6.07, 6.45) is 11.6. The molecule has 0 aromatic heterocycles. The van der Waals surface area contributed by atoms with Crippen molar-refractivity contribution in [2.45, 2.75) is 80.0 Å². The van der Waals surface area contributed by atoms with Crippen LogP contribution in [0.1, 0.15) is 72.1 Å². The van der Waals surface area contributed by atoms with Crippen LogP contribution < -0.4 is 0 Å². The van der Waals surface area contributed by atoms with E-state index in [0.29, 0.717) is 5.41 Å². The molecule has 0 nitrogen and oxygen atoms in total. The van der Waals surface area contributed by atoms with E-state index in [4.69, 9.17) is 0 Å². The molecule has 17 heavy (non-hydrogen) atoms. The third-order valence-electron chi connectivity index (χ3n) is 4.66. The van der Waals surface area contributed by atoms with Gasteiger partial charge in [-0.25, -0.2) is 0 Å². The van der Waals surface area contributed by atoms with Crippen molar-refractivity contribution >= 4 is 45.2 Å². The maximum Gasteiger partial charge on any atom is 0.0115 e. The van der Waals surface area contributed by atoms with E-state index in [-0.39, 0.29) is 0 Å². The molecular formula is C15H28I2. The molecule has 0 radical (unpaired) electrons. The Bertz CT molecular complexity index is 215. The van der Waals surface area contributed by atoms with Crippen molar-refractivity contribution < 1.29 is 0 Å². The van der Waals surface area contributed by atoms with E-state index >= 15 is 0 Å². The zero-order chi connectivity index (χ0) is 12.9. The smallest absolute Gasteiger partial charge is 0.0115 e. The average molecular weight is 462 g/mol. The third-order valence-corrected chi connectivity index (χ3v) is 6.35. The lowest BCUT2D eigenvalue weighted by Gasteiger charge is -2.31. The van der Waals surface area contributed by atoms with Crippen LogP contribution in [0.4, 0.5) is 0 Å². The molecule has 0 N–H and O–H groups in total. The van der Waals surface area contributed by atoms with E-state index in [0.717, 1.165) is 13.8 Å². The maximum atomic E-state index is 2.71. The van der Waals surface area contributed by atoms with Gasteiger partial charge in [0, 0.05) is 7.85 Å². The Morgan fingerprint density at radius 1 is 1.24 bits per heavy atom. The molecule has 0 aromatic rings. The molecule has 4 atom stereocenters. The first-order valence-corrected chi connectivity index (χ1v) is 9.78. The number of halogens is 2. The number of hydrogen-bond donors (Lipinski definition) is 0. The normalized spacial score (nSPS) is 32.6. The van der Waals surface area contributed by atoms with E-state index in [9.17, 15) is 0 Å². The van der Waals surface area contributed by atoms with Gasteiger partial charge in [0.1, 0.15) is 0 Å². The molecule has 0 aliphatic heterocycles. The highest BCUT2D eigenvalue weighted by Gasteiger charge is 2.37. The number of hydrogen-bond acceptors (Lipinski definition) is 0. The molecule has 102 valence electrons. The molecule has 0 aromatic carbocycles. The molecular weight excluding hydrogens is 434 g/mol. The van der Waals surface area contributed by atoms with Crippen molar-refractivity contribution in [3.63, 3.8) is 0 Å². The Morgan fingerprint density at radius 3 is 2.41 bits per heavy atom. The summed E-state index contributed by atoms with van der Waals surface area (Å²) >= 11 is 5.27. The van der Waals surface area contributed by atoms with Crippen molar-refractivity contribution in [1.82, 2.24) is 0 Å². The van der Waals surface area contributed by atoms with Crippen LogP contribution in [-0.2, 0) is 0 Å². The van der Waals surface area contributed by atoms with Gasteiger partial charge in [-0.3, -0.25) is 0 Å². The summed E-state index contributed by atoms with van der Waals surface area (Å²) in [4.78, 5) is 0. The fourth-order valence-electron chi connectivity index (χ4n) is 3.31. The Kier molecular flexibility index (Phi) is 7.68. The maximum absolute atomic E-state index is 2.71. The summed E-state index contributed by atoms with van der Waals surface area (Å²) in [7, 11) is 0. The quantitative estimate of drug-likeness (QED) is 0.304. The highest BCUT2D eigenvalue weighted by Crippen LogP contribution is 2.49. The van der Waals surface area contributed by atoms with Crippen molar-refractivity contribution in [2.75, 3.05) is 0 Å². The van der Waals surface area contributed by atoms with Crippen molar-refractivity contribution in [3.05, 3.63) is 0 Å². The second-order valence-corrected chi connectivity index (χ2v) is 9.92. The summed E-state index contributed by atoms with van der Waals surface area (Å²) in [5, 5.41) is 0. The van der Waals surface area contributed by atoms with Gasteiger partial charge in [0.05, 0.1) is 0 Å². The van der Waals surface area contributed by atoms with Crippen LogP contribution in [0, 0.1) is 11.3 Å². The summed E-state index contributed by atoms with van der Waals surface area (Å²) < 4.78 is 1.75. The summed E-state index contributed by atoms with van der Waals surface area (Å²) in [5.41, 5.74) is 0.709. The average Bonchev–Trinajstić information content (AvgIpc) is 2.70. The van der Waals surface area contributed by atoms with Gasteiger partial charge in [0.25, 0.3) is 0 Å². The fourth-order valence-corrected chi connectivity index (χ4v) is 4.96. The number of rotatable bonds is 7. The Balaban J connectivity index is 2.41. The van der Waals surface area contributed by atoms with Gasteiger partial charge >= 0.3 is 0 Å². The summed E-state index contributed by atoms with van der Waals surface area (Å²) in [6.45, 7) is 7.13. The highest BCUT2D eigenvalue weighted by molar-refractivity contribution is 14.1. The summed E-state index contributed by atoms with van der Waals surface area (Å²) in [6, 6.07) is 0. The monoisotopic (exact) mass is 462 g/mol. The lowest BCUT2D eigenvalue weighted by atomic mass is 9.77. The minimum atomic E-state index is 0.709. The van der Waals surface area contributed by atoms with Gasteiger partial charge in [-0.15, -0.1) is 0 Å². The topological polar surface area (TPSA) is 0 Å². The predicted octanol–water partition coefficient (Wildman–Crippen LogP) is 6.39. The van der Waals surface area contributed by atoms with E-state index < -0.39 is 0 Å². The first kappa shape index (κ1) is 16.5. The van der Waals surface area contributed by atoms with Crippen LogP contribution in [0.5, 0.6) is 0 Å². The van der Waals surface area contributed by atoms with Crippen LogP contribution in [0.15, 0.2) is 0 Å². The molecule has 0 amide bonds. The van der Waals surface area contributed by atoms with E-state index in [1.165, 1.54) is 51.4 Å². The van der Waals surface area contributed by atoms with E-state index in [1.54, 1.807) is 0 Å². The molecule has 1 aliphatic carbocycles. The zero-order valence-corrected chi connectivity index (χ0v) is 16.0. The van der Waals surface area contributed by atoms with Gasteiger partial charge in [0.15, 0.2) is 0 Å². The molecule has 1 aliphatic rings.